The SMILES string of the molecule is COc1cccc(C=Cc2nc(C)c(C)c(=O)n2-c2ccccc2)c1O. The summed E-state index contributed by atoms with van der Waals surface area (Å²) in [6.45, 7) is 3.58. The fraction of sp³-hybridized carbons (Fsp3) is 0.143. The Morgan fingerprint density at radius 3 is 2.46 bits per heavy atom. The molecular formula is C21H20N2O3. The minimum Gasteiger partial charge on any atom is -0.504 e. The topological polar surface area (TPSA) is 64.3 Å². The van der Waals surface area contributed by atoms with Crippen molar-refractivity contribution in [3.63, 3.8) is 0 Å². The molecule has 0 saturated heterocycles. The first-order valence-electron chi connectivity index (χ1n) is 8.22. The predicted octanol–water partition coefficient (Wildman–Crippen LogP) is 3.73. The number of rotatable bonds is 4. The monoisotopic (exact) mass is 348 g/mol. The Balaban J connectivity index is 2.15. The van der Waals surface area contributed by atoms with E-state index in [1.165, 1.54) is 7.11 Å². The summed E-state index contributed by atoms with van der Waals surface area (Å²) < 4.78 is 6.70. The molecule has 0 aliphatic rings. The van der Waals surface area contributed by atoms with Gasteiger partial charge >= 0.3 is 0 Å². The van der Waals surface area contributed by atoms with E-state index >= 15 is 0 Å². The molecule has 5 heteroatoms. The molecule has 1 heterocycles. The molecule has 2 aromatic carbocycles. The number of benzene rings is 2. The summed E-state index contributed by atoms with van der Waals surface area (Å²) in [5, 5.41) is 10.2. The Bertz CT molecular complexity index is 1020. The average molecular weight is 348 g/mol. The zero-order valence-corrected chi connectivity index (χ0v) is 14.9. The van der Waals surface area contributed by atoms with Crippen LogP contribution in [0, 0.1) is 13.8 Å². The summed E-state index contributed by atoms with van der Waals surface area (Å²) in [4.78, 5) is 17.4. The zero-order valence-electron chi connectivity index (χ0n) is 14.9. The van der Waals surface area contributed by atoms with E-state index < -0.39 is 0 Å². The smallest absolute Gasteiger partial charge is 0.261 e. The van der Waals surface area contributed by atoms with Crippen LogP contribution in [0.4, 0.5) is 0 Å². The number of methoxy groups -OCH3 is 1. The maximum atomic E-state index is 12.8. The van der Waals surface area contributed by atoms with E-state index in [2.05, 4.69) is 4.98 Å². The average Bonchev–Trinajstić information content (AvgIpc) is 2.66. The van der Waals surface area contributed by atoms with Crippen LogP contribution in [0.5, 0.6) is 11.5 Å². The normalized spacial score (nSPS) is 11.0. The Morgan fingerprint density at radius 1 is 1.04 bits per heavy atom. The van der Waals surface area contributed by atoms with E-state index in [4.69, 9.17) is 4.74 Å². The maximum absolute atomic E-state index is 12.8. The van der Waals surface area contributed by atoms with Crippen molar-refractivity contribution in [2.75, 3.05) is 7.11 Å². The number of para-hydroxylation sites is 2. The van der Waals surface area contributed by atoms with Crippen molar-refractivity contribution in [1.82, 2.24) is 9.55 Å². The number of hydrogen-bond acceptors (Lipinski definition) is 4. The molecule has 0 radical (unpaired) electrons. The van der Waals surface area contributed by atoms with Crippen molar-refractivity contribution in [2.24, 2.45) is 0 Å². The van der Waals surface area contributed by atoms with E-state index in [1.54, 1.807) is 41.8 Å². The second-order valence-electron chi connectivity index (χ2n) is 5.89. The Labute approximate surface area is 151 Å². The van der Waals surface area contributed by atoms with Crippen molar-refractivity contribution < 1.29 is 9.84 Å². The van der Waals surface area contributed by atoms with Gasteiger partial charge in [0.15, 0.2) is 11.5 Å². The molecule has 0 spiro atoms. The summed E-state index contributed by atoms with van der Waals surface area (Å²) in [6.07, 6.45) is 3.43. The van der Waals surface area contributed by atoms with Crippen LogP contribution in [0.25, 0.3) is 17.8 Å². The van der Waals surface area contributed by atoms with E-state index in [-0.39, 0.29) is 11.3 Å². The third kappa shape index (κ3) is 3.24. The van der Waals surface area contributed by atoms with Crippen molar-refractivity contribution in [3.8, 4) is 17.2 Å². The standard InChI is InChI=1S/C21H20N2O3/c1-14-15(2)22-19(23(21(14)25)17-9-5-4-6-10-17)13-12-16-8-7-11-18(26-3)20(16)24/h4-13,24H,1-3H3. The van der Waals surface area contributed by atoms with E-state index in [1.807, 2.05) is 37.3 Å². The second kappa shape index (κ2) is 7.27. The van der Waals surface area contributed by atoms with E-state index in [0.29, 0.717) is 28.4 Å². The van der Waals surface area contributed by atoms with E-state index in [9.17, 15) is 9.90 Å². The van der Waals surface area contributed by atoms with Gasteiger partial charge in [0.2, 0.25) is 0 Å². The van der Waals surface area contributed by atoms with Gasteiger partial charge in [-0.2, -0.15) is 0 Å². The number of aryl methyl sites for hydroxylation is 1. The number of ether oxygens (including phenoxy) is 1. The third-order valence-electron chi connectivity index (χ3n) is 4.25. The highest BCUT2D eigenvalue weighted by Crippen LogP contribution is 2.30. The molecule has 0 amide bonds. The van der Waals surface area contributed by atoms with Crippen molar-refractivity contribution in [2.45, 2.75) is 13.8 Å². The van der Waals surface area contributed by atoms with Crippen LogP contribution in [0.15, 0.2) is 53.3 Å². The van der Waals surface area contributed by atoms with Crippen molar-refractivity contribution in [3.05, 3.63) is 81.5 Å². The minimum atomic E-state index is -0.113. The quantitative estimate of drug-likeness (QED) is 0.780. The Hall–Kier alpha value is -3.34. The fourth-order valence-electron chi connectivity index (χ4n) is 2.67. The summed E-state index contributed by atoms with van der Waals surface area (Å²) >= 11 is 0. The van der Waals surface area contributed by atoms with Gasteiger partial charge in [-0.3, -0.25) is 9.36 Å². The first kappa shape index (κ1) is 17.5. The summed E-state index contributed by atoms with van der Waals surface area (Å²) in [7, 11) is 1.50. The molecule has 132 valence electrons. The molecule has 3 aromatic rings. The number of phenols is 1. The van der Waals surface area contributed by atoms with Crippen LogP contribution in [0.2, 0.25) is 0 Å². The molecule has 1 aromatic heterocycles. The van der Waals surface area contributed by atoms with Gasteiger partial charge in [0.05, 0.1) is 12.8 Å². The van der Waals surface area contributed by atoms with Crippen LogP contribution in [-0.4, -0.2) is 21.8 Å². The van der Waals surface area contributed by atoms with Gasteiger partial charge in [-0.15, -0.1) is 0 Å². The number of hydrogen-bond donors (Lipinski definition) is 1. The lowest BCUT2D eigenvalue weighted by molar-refractivity contribution is 0.373. The number of aromatic nitrogens is 2. The lowest BCUT2D eigenvalue weighted by atomic mass is 10.1. The lowest BCUT2D eigenvalue weighted by Gasteiger charge is -2.12. The molecule has 0 atom stereocenters. The molecule has 0 fully saturated rings. The van der Waals surface area contributed by atoms with Gasteiger partial charge in [-0.05, 0) is 44.2 Å². The maximum Gasteiger partial charge on any atom is 0.261 e. The van der Waals surface area contributed by atoms with Gasteiger partial charge in [-0.1, -0.05) is 30.3 Å². The molecule has 1 N–H and O–H groups in total. The summed E-state index contributed by atoms with van der Waals surface area (Å²) in [5.74, 6) is 0.927. The highest BCUT2D eigenvalue weighted by molar-refractivity contribution is 5.72. The van der Waals surface area contributed by atoms with Crippen LogP contribution in [0.1, 0.15) is 22.6 Å². The first-order chi connectivity index (χ1) is 12.5. The first-order valence-corrected chi connectivity index (χ1v) is 8.22. The van der Waals surface area contributed by atoms with Crippen LogP contribution >= 0.6 is 0 Å². The summed E-state index contributed by atoms with van der Waals surface area (Å²) in [5.41, 5.74) is 2.49. The highest BCUT2D eigenvalue weighted by atomic mass is 16.5. The molecule has 0 saturated carbocycles. The molecule has 0 unspecified atom stereocenters. The van der Waals surface area contributed by atoms with Gasteiger partial charge in [0.1, 0.15) is 5.82 Å². The Morgan fingerprint density at radius 2 is 1.77 bits per heavy atom. The van der Waals surface area contributed by atoms with Crippen LogP contribution in [0.3, 0.4) is 0 Å². The minimum absolute atomic E-state index is 0.0451. The molecule has 5 nitrogen and oxygen atoms in total. The fourth-order valence-corrected chi connectivity index (χ4v) is 2.67. The van der Waals surface area contributed by atoms with Crippen LogP contribution in [-0.2, 0) is 0 Å². The molecular weight excluding hydrogens is 328 g/mol. The molecule has 26 heavy (non-hydrogen) atoms. The van der Waals surface area contributed by atoms with Gasteiger partial charge < -0.3 is 9.84 Å². The largest absolute Gasteiger partial charge is 0.504 e. The van der Waals surface area contributed by atoms with Crippen molar-refractivity contribution in [1.29, 1.82) is 0 Å². The third-order valence-corrected chi connectivity index (χ3v) is 4.25. The molecule has 0 aliphatic carbocycles. The summed E-state index contributed by atoms with van der Waals surface area (Å²) in [6, 6.07) is 14.6. The highest BCUT2D eigenvalue weighted by Gasteiger charge is 2.11. The van der Waals surface area contributed by atoms with Crippen molar-refractivity contribution >= 4 is 12.2 Å². The van der Waals surface area contributed by atoms with Gasteiger partial charge in [0.25, 0.3) is 5.56 Å². The van der Waals surface area contributed by atoms with E-state index in [0.717, 1.165) is 5.69 Å². The lowest BCUT2D eigenvalue weighted by Crippen LogP contribution is -2.25. The second-order valence-corrected chi connectivity index (χ2v) is 5.89. The predicted molar refractivity (Wildman–Crippen MR) is 103 cm³/mol. The molecule has 3 rings (SSSR count). The zero-order chi connectivity index (χ0) is 18.7. The number of phenolic OH excluding ortho intramolecular Hbond substituents is 1. The van der Waals surface area contributed by atoms with Gasteiger partial charge in [0, 0.05) is 16.8 Å². The molecule has 0 aliphatic heterocycles. The Kier molecular flexibility index (Phi) is 4.89. The molecule has 0 bridgehead atoms. The number of aromatic hydroxyl groups is 1. The van der Waals surface area contributed by atoms with Gasteiger partial charge in [-0.25, -0.2) is 4.98 Å². The van der Waals surface area contributed by atoms with Crippen LogP contribution < -0.4 is 10.3 Å². The number of nitrogens with zero attached hydrogens (tertiary/aromatic N) is 2.